The molecule has 0 amide bonds. The smallest absolute Gasteiger partial charge is 0.328 e. The zero-order valence-corrected chi connectivity index (χ0v) is 11.1. The quantitative estimate of drug-likeness (QED) is 0.371. The fourth-order valence-corrected chi connectivity index (χ4v) is 1.04. The van der Waals surface area contributed by atoms with Gasteiger partial charge in [-0.15, -0.1) is 0 Å². The molecule has 0 unspecified atom stereocenters. The number of aliphatic hydroxyl groups excluding tert-OH is 1. The normalized spacial score (nSPS) is 12.4. The van der Waals surface area contributed by atoms with E-state index in [1.807, 2.05) is 21.1 Å². The van der Waals surface area contributed by atoms with Crippen LogP contribution in [-0.4, -0.2) is 76.6 Å². The molecule has 4 N–H and O–H groups in total. The number of quaternary nitrogens is 1. The van der Waals surface area contributed by atoms with Crippen molar-refractivity contribution in [2.45, 2.75) is 12.5 Å². The minimum Gasteiger partial charge on any atom is -0.481 e. The van der Waals surface area contributed by atoms with Gasteiger partial charge < -0.3 is 24.9 Å². The molecule has 0 aliphatic carbocycles. The summed E-state index contributed by atoms with van der Waals surface area (Å²) in [7, 11) is 5.72. The van der Waals surface area contributed by atoms with Gasteiger partial charge in [0, 0.05) is 12.2 Å². The molecule has 1 atom stereocenters. The lowest BCUT2D eigenvalue weighted by Crippen LogP contribution is -2.42. The second kappa shape index (κ2) is 9.06. The van der Waals surface area contributed by atoms with Crippen molar-refractivity contribution < 1.29 is 39.3 Å². The minimum atomic E-state index is -1.26. The van der Waals surface area contributed by atoms with Crippen LogP contribution in [0.15, 0.2) is 12.2 Å². The van der Waals surface area contributed by atoms with Crippen LogP contribution in [0.1, 0.15) is 6.42 Å². The summed E-state index contributed by atoms with van der Waals surface area (Å²) in [5.41, 5.74) is 0. The zero-order chi connectivity index (χ0) is 15.6. The van der Waals surface area contributed by atoms with Gasteiger partial charge in [-0.3, -0.25) is 4.79 Å². The molecule has 0 aromatic heterocycles. The first-order chi connectivity index (χ1) is 8.44. The van der Waals surface area contributed by atoms with Crippen LogP contribution in [0, 0.1) is 0 Å². The minimum absolute atomic E-state index is 0.171. The molecule has 0 aromatic carbocycles. The predicted molar refractivity (Wildman–Crippen MR) is 65.6 cm³/mol. The lowest BCUT2D eigenvalue weighted by molar-refractivity contribution is -0.873. The van der Waals surface area contributed by atoms with Crippen molar-refractivity contribution in [3.63, 3.8) is 0 Å². The molecule has 8 nitrogen and oxygen atoms in total. The third-order valence-corrected chi connectivity index (χ3v) is 1.54. The van der Waals surface area contributed by atoms with E-state index in [0.29, 0.717) is 23.2 Å². The Bertz CT molecular complexity index is 327. The summed E-state index contributed by atoms with van der Waals surface area (Å²) in [6, 6.07) is 0. The molecule has 0 heterocycles. The van der Waals surface area contributed by atoms with Crippen molar-refractivity contribution in [1.29, 1.82) is 0 Å². The number of carbonyl (C=O) groups is 3. The number of nitrogens with zero attached hydrogens (tertiary/aromatic N) is 1. The van der Waals surface area contributed by atoms with E-state index in [2.05, 4.69) is 0 Å². The number of carboxylic acids is 3. The van der Waals surface area contributed by atoms with Gasteiger partial charge in [0.15, 0.2) is 0 Å². The van der Waals surface area contributed by atoms with Gasteiger partial charge in [0.05, 0.1) is 27.6 Å². The number of rotatable bonds is 6. The highest BCUT2D eigenvalue weighted by atomic mass is 16.4. The average Bonchev–Trinajstić information content (AvgIpc) is 2.10. The Labute approximate surface area is 110 Å². The second-order valence-corrected chi connectivity index (χ2v) is 4.73. The van der Waals surface area contributed by atoms with Gasteiger partial charge in [0.25, 0.3) is 0 Å². The van der Waals surface area contributed by atoms with Gasteiger partial charge in [0.2, 0.25) is 0 Å². The average molecular weight is 278 g/mol. The van der Waals surface area contributed by atoms with E-state index >= 15 is 0 Å². The fourth-order valence-electron chi connectivity index (χ4n) is 1.04. The van der Waals surface area contributed by atoms with Crippen LogP contribution >= 0.6 is 0 Å². The van der Waals surface area contributed by atoms with Crippen molar-refractivity contribution in [2.75, 3.05) is 27.7 Å². The second-order valence-electron chi connectivity index (χ2n) is 4.73. The summed E-state index contributed by atoms with van der Waals surface area (Å²) in [5, 5.41) is 33.1. The molecule has 0 aliphatic rings. The SMILES string of the molecule is C[N+](C)(C)C[C@H](O)CC(=O)O.O=C(O)/C=C\C(=O)O. The maximum absolute atomic E-state index is 10.1. The highest BCUT2D eigenvalue weighted by molar-refractivity contribution is 5.89. The van der Waals surface area contributed by atoms with Crippen LogP contribution < -0.4 is 0 Å². The third-order valence-electron chi connectivity index (χ3n) is 1.54. The molecule has 0 fully saturated rings. The summed E-state index contributed by atoms with van der Waals surface area (Å²) >= 11 is 0. The van der Waals surface area contributed by atoms with Crippen LogP contribution in [0.25, 0.3) is 0 Å². The summed E-state index contributed by atoms with van der Waals surface area (Å²) in [6.45, 7) is 0.465. The number of likely N-dealkylation sites (N-methyl/N-ethyl adjacent to an activating group) is 1. The maximum Gasteiger partial charge on any atom is 0.328 e. The topological polar surface area (TPSA) is 132 Å². The predicted octanol–water partition coefficient (Wildman–Crippen LogP) is -0.760. The summed E-state index contributed by atoms with van der Waals surface area (Å²) in [4.78, 5) is 29.2. The third kappa shape index (κ3) is 21.8. The molecule has 0 spiro atoms. The first kappa shape index (κ1) is 19.4. The molecule has 110 valence electrons. The monoisotopic (exact) mass is 278 g/mol. The molecule has 0 saturated carbocycles. The van der Waals surface area contributed by atoms with E-state index in [1.165, 1.54) is 0 Å². The Morgan fingerprint density at radius 1 is 1.00 bits per heavy atom. The Morgan fingerprint density at radius 2 is 1.37 bits per heavy atom. The van der Waals surface area contributed by atoms with Crippen molar-refractivity contribution in [2.24, 2.45) is 0 Å². The number of aliphatic hydroxyl groups is 1. The molecule has 0 aliphatic heterocycles. The van der Waals surface area contributed by atoms with Gasteiger partial charge in [0.1, 0.15) is 12.6 Å². The largest absolute Gasteiger partial charge is 0.481 e. The Hall–Kier alpha value is -1.93. The highest BCUT2D eigenvalue weighted by Crippen LogP contribution is 1.98. The number of hydrogen-bond acceptors (Lipinski definition) is 4. The summed E-state index contributed by atoms with van der Waals surface area (Å²) < 4.78 is 0.578. The van der Waals surface area contributed by atoms with Gasteiger partial charge in [-0.25, -0.2) is 9.59 Å². The molecule has 0 radical (unpaired) electrons. The van der Waals surface area contributed by atoms with E-state index < -0.39 is 24.0 Å². The zero-order valence-electron chi connectivity index (χ0n) is 11.1. The standard InChI is InChI=1S/C7H15NO3.C4H4O4/c1-8(2,3)5-6(9)4-7(10)11;5-3(6)1-2-4(7)8/h6,9H,4-5H2,1-3H3;1-2H,(H,5,6)(H,7,8)/p+1/b;2-1-/t6-;/m1./s1. The molecular weight excluding hydrogens is 258 g/mol. The van der Waals surface area contributed by atoms with Gasteiger partial charge in [-0.2, -0.15) is 0 Å². The van der Waals surface area contributed by atoms with Crippen LogP contribution in [0.3, 0.4) is 0 Å². The number of hydrogen-bond donors (Lipinski definition) is 4. The fraction of sp³-hybridized carbons (Fsp3) is 0.545. The molecular formula is C11H20NO7+. The lowest BCUT2D eigenvalue weighted by Gasteiger charge is -2.25. The Morgan fingerprint density at radius 3 is 1.58 bits per heavy atom. The maximum atomic E-state index is 10.1. The van der Waals surface area contributed by atoms with E-state index in [0.717, 1.165) is 0 Å². The van der Waals surface area contributed by atoms with Crippen molar-refractivity contribution in [3.05, 3.63) is 12.2 Å². The molecule has 0 aromatic rings. The van der Waals surface area contributed by atoms with E-state index in [9.17, 15) is 14.4 Å². The molecule has 0 bridgehead atoms. The summed E-state index contributed by atoms with van der Waals surface area (Å²) in [5.74, 6) is -3.47. The number of aliphatic carboxylic acids is 3. The molecule has 0 rings (SSSR count). The van der Waals surface area contributed by atoms with Crippen molar-refractivity contribution in [3.8, 4) is 0 Å². The van der Waals surface area contributed by atoms with Crippen LogP contribution in [0.5, 0.6) is 0 Å². The van der Waals surface area contributed by atoms with Crippen molar-refractivity contribution >= 4 is 17.9 Å². The van der Waals surface area contributed by atoms with Crippen molar-refractivity contribution in [1.82, 2.24) is 0 Å². The van der Waals surface area contributed by atoms with Crippen LogP contribution in [0.4, 0.5) is 0 Å². The summed E-state index contributed by atoms with van der Waals surface area (Å²) in [6.07, 6.45) is 0.202. The van der Waals surface area contributed by atoms with Crippen LogP contribution in [0.2, 0.25) is 0 Å². The Kier molecular flexibility index (Phi) is 9.26. The first-order valence-corrected chi connectivity index (χ1v) is 5.28. The highest BCUT2D eigenvalue weighted by Gasteiger charge is 2.17. The molecule has 19 heavy (non-hydrogen) atoms. The van der Waals surface area contributed by atoms with E-state index in [4.69, 9.17) is 20.4 Å². The van der Waals surface area contributed by atoms with E-state index in [-0.39, 0.29) is 6.42 Å². The Balaban J connectivity index is 0. The molecule has 8 heteroatoms. The first-order valence-electron chi connectivity index (χ1n) is 5.28. The van der Waals surface area contributed by atoms with Crippen LogP contribution in [-0.2, 0) is 14.4 Å². The van der Waals surface area contributed by atoms with Gasteiger partial charge >= 0.3 is 17.9 Å². The van der Waals surface area contributed by atoms with Gasteiger partial charge in [-0.1, -0.05) is 0 Å². The van der Waals surface area contributed by atoms with Gasteiger partial charge in [-0.05, 0) is 0 Å². The lowest BCUT2D eigenvalue weighted by atomic mass is 10.2. The molecule has 0 saturated heterocycles. The number of carboxylic acid groups (broad SMARTS) is 3. The van der Waals surface area contributed by atoms with E-state index in [1.54, 1.807) is 0 Å².